The van der Waals surface area contributed by atoms with Gasteiger partial charge in [-0.2, -0.15) is 0 Å². The summed E-state index contributed by atoms with van der Waals surface area (Å²) in [7, 11) is 1.77. The number of fused-ring (bicyclic) bond motifs is 1. The summed E-state index contributed by atoms with van der Waals surface area (Å²) in [6.45, 7) is 2.72. The monoisotopic (exact) mass is 273 g/mol. The minimum Gasteiger partial charge on any atom is -0.377 e. The number of ketones is 1. The van der Waals surface area contributed by atoms with E-state index in [2.05, 4.69) is 0 Å². The van der Waals surface area contributed by atoms with Crippen molar-refractivity contribution in [2.24, 2.45) is 5.92 Å². The van der Waals surface area contributed by atoms with E-state index in [1.54, 1.807) is 11.9 Å². The van der Waals surface area contributed by atoms with Gasteiger partial charge in [0.05, 0.1) is 18.4 Å². The van der Waals surface area contributed by atoms with Gasteiger partial charge < -0.3 is 9.64 Å². The first kappa shape index (κ1) is 13.3. The number of benzene rings is 1. The van der Waals surface area contributed by atoms with Crippen LogP contribution in [-0.2, 0) is 16.0 Å². The molecule has 2 atom stereocenters. The van der Waals surface area contributed by atoms with E-state index in [0.29, 0.717) is 18.6 Å². The minimum absolute atomic E-state index is 0.0344. The molecular weight excluding hydrogens is 254 g/mol. The first-order valence-corrected chi connectivity index (χ1v) is 7.17. The molecule has 2 aliphatic heterocycles. The Kier molecular flexibility index (Phi) is 3.34. The third-order valence-electron chi connectivity index (χ3n) is 4.39. The summed E-state index contributed by atoms with van der Waals surface area (Å²) in [5.41, 5.74) is 2.58. The molecule has 0 bridgehead atoms. The van der Waals surface area contributed by atoms with Crippen LogP contribution in [0.3, 0.4) is 0 Å². The Morgan fingerprint density at radius 2 is 2.25 bits per heavy atom. The van der Waals surface area contributed by atoms with Crippen LogP contribution in [0.1, 0.15) is 35.7 Å². The number of ether oxygens (including phenoxy) is 1. The van der Waals surface area contributed by atoms with Crippen molar-refractivity contribution in [3.05, 3.63) is 29.3 Å². The Hall–Kier alpha value is -1.68. The van der Waals surface area contributed by atoms with Crippen molar-refractivity contribution in [1.29, 1.82) is 0 Å². The van der Waals surface area contributed by atoms with Crippen molar-refractivity contribution in [2.75, 3.05) is 18.6 Å². The average molecular weight is 273 g/mol. The summed E-state index contributed by atoms with van der Waals surface area (Å²) in [6.07, 6.45) is 2.10. The Morgan fingerprint density at radius 1 is 1.45 bits per heavy atom. The van der Waals surface area contributed by atoms with Crippen LogP contribution in [0.25, 0.3) is 0 Å². The van der Waals surface area contributed by atoms with Crippen molar-refractivity contribution < 1.29 is 14.3 Å². The van der Waals surface area contributed by atoms with Crippen LogP contribution in [0.2, 0.25) is 0 Å². The molecule has 106 valence electrons. The fourth-order valence-electron chi connectivity index (χ4n) is 3.19. The third-order valence-corrected chi connectivity index (χ3v) is 4.39. The topological polar surface area (TPSA) is 46.6 Å². The molecule has 1 fully saturated rings. The summed E-state index contributed by atoms with van der Waals surface area (Å²) in [5, 5.41) is 0. The molecule has 20 heavy (non-hydrogen) atoms. The first-order chi connectivity index (χ1) is 9.61. The Bertz CT molecular complexity index is 567. The zero-order valence-electron chi connectivity index (χ0n) is 11.9. The molecular formula is C16H19NO3. The molecule has 2 unspecified atom stereocenters. The standard InChI is InChI=1S/C16H19NO3/c1-3-14-12(6-7-20-14)16(19)10-4-5-13-11(8-10)9-15(18)17(13)2/h4-5,8,12,14H,3,6-7,9H2,1-2H3. The predicted octanol–water partition coefficient (Wildman–Crippen LogP) is 2.20. The number of rotatable bonds is 3. The third kappa shape index (κ3) is 2.04. The van der Waals surface area contributed by atoms with Gasteiger partial charge in [-0.25, -0.2) is 0 Å². The van der Waals surface area contributed by atoms with Crippen LogP contribution in [0, 0.1) is 5.92 Å². The van der Waals surface area contributed by atoms with Gasteiger partial charge in [0.25, 0.3) is 0 Å². The van der Waals surface area contributed by atoms with Gasteiger partial charge in [0.2, 0.25) is 5.91 Å². The molecule has 0 aromatic heterocycles. The quantitative estimate of drug-likeness (QED) is 0.793. The molecule has 1 amide bonds. The molecule has 4 heteroatoms. The maximum Gasteiger partial charge on any atom is 0.231 e. The van der Waals surface area contributed by atoms with Crippen molar-refractivity contribution >= 4 is 17.4 Å². The number of amides is 1. The molecule has 2 heterocycles. The summed E-state index contributed by atoms with van der Waals surface area (Å²) in [6, 6.07) is 5.59. The number of anilines is 1. The summed E-state index contributed by atoms with van der Waals surface area (Å²) in [4.78, 5) is 25.9. The molecule has 2 aliphatic rings. The highest BCUT2D eigenvalue weighted by atomic mass is 16.5. The van der Waals surface area contributed by atoms with E-state index in [-0.39, 0.29) is 23.7 Å². The molecule has 0 radical (unpaired) electrons. The van der Waals surface area contributed by atoms with Crippen molar-refractivity contribution in [3.63, 3.8) is 0 Å². The van der Waals surface area contributed by atoms with Gasteiger partial charge >= 0.3 is 0 Å². The number of carbonyl (C=O) groups excluding carboxylic acids is 2. The molecule has 4 nitrogen and oxygen atoms in total. The fourth-order valence-corrected chi connectivity index (χ4v) is 3.19. The lowest BCUT2D eigenvalue weighted by Crippen LogP contribution is -2.23. The maximum absolute atomic E-state index is 12.6. The van der Waals surface area contributed by atoms with E-state index in [9.17, 15) is 9.59 Å². The number of Topliss-reactive ketones (excluding diaryl/α,β-unsaturated/α-hetero) is 1. The SMILES string of the molecule is CCC1OCCC1C(=O)c1ccc2c(c1)CC(=O)N2C. The van der Waals surface area contributed by atoms with E-state index >= 15 is 0 Å². The summed E-state index contributed by atoms with van der Waals surface area (Å²) in [5.74, 6) is 0.201. The van der Waals surface area contributed by atoms with Gasteiger partial charge in [-0.05, 0) is 36.6 Å². The lowest BCUT2D eigenvalue weighted by atomic mass is 9.89. The van der Waals surface area contributed by atoms with E-state index in [0.717, 1.165) is 24.1 Å². The number of hydrogen-bond acceptors (Lipinski definition) is 3. The first-order valence-electron chi connectivity index (χ1n) is 7.17. The maximum atomic E-state index is 12.6. The van der Waals surface area contributed by atoms with E-state index in [1.165, 1.54) is 0 Å². The highest BCUT2D eigenvalue weighted by Gasteiger charge is 2.34. The van der Waals surface area contributed by atoms with Gasteiger partial charge in [-0.15, -0.1) is 0 Å². The van der Waals surface area contributed by atoms with Crippen LogP contribution >= 0.6 is 0 Å². The molecule has 0 saturated carbocycles. The highest BCUT2D eigenvalue weighted by molar-refractivity contribution is 6.04. The lowest BCUT2D eigenvalue weighted by molar-refractivity contribution is -0.117. The zero-order valence-corrected chi connectivity index (χ0v) is 11.9. The smallest absolute Gasteiger partial charge is 0.231 e. The Balaban J connectivity index is 1.87. The average Bonchev–Trinajstić information content (AvgIpc) is 3.03. The van der Waals surface area contributed by atoms with Crippen LogP contribution < -0.4 is 4.90 Å². The van der Waals surface area contributed by atoms with Crippen molar-refractivity contribution in [1.82, 2.24) is 0 Å². The van der Waals surface area contributed by atoms with E-state index in [4.69, 9.17) is 4.74 Å². The van der Waals surface area contributed by atoms with Gasteiger partial charge in [0.15, 0.2) is 5.78 Å². The predicted molar refractivity (Wildman–Crippen MR) is 76.0 cm³/mol. The lowest BCUT2D eigenvalue weighted by Gasteiger charge is -2.16. The van der Waals surface area contributed by atoms with Crippen molar-refractivity contribution in [3.8, 4) is 0 Å². The second kappa shape index (κ2) is 5.02. The van der Waals surface area contributed by atoms with Gasteiger partial charge in [-0.3, -0.25) is 9.59 Å². The Morgan fingerprint density at radius 3 is 3.00 bits per heavy atom. The van der Waals surface area contributed by atoms with Crippen LogP contribution in [0.15, 0.2) is 18.2 Å². The second-order valence-corrected chi connectivity index (χ2v) is 5.55. The molecule has 1 aromatic carbocycles. The molecule has 1 saturated heterocycles. The van der Waals surface area contributed by atoms with E-state index < -0.39 is 0 Å². The van der Waals surface area contributed by atoms with Gasteiger partial charge in [0, 0.05) is 24.9 Å². The van der Waals surface area contributed by atoms with Crippen LogP contribution in [-0.4, -0.2) is 31.4 Å². The molecule has 1 aromatic rings. The van der Waals surface area contributed by atoms with Gasteiger partial charge in [0.1, 0.15) is 0 Å². The fraction of sp³-hybridized carbons (Fsp3) is 0.500. The molecule has 0 N–H and O–H groups in total. The summed E-state index contributed by atoms with van der Waals surface area (Å²) >= 11 is 0. The summed E-state index contributed by atoms with van der Waals surface area (Å²) < 4.78 is 5.60. The number of carbonyl (C=O) groups is 2. The van der Waals surface area contributed by atoms with Gasteiger partial charge in [-0.1, -0.05) is 6.92 Å². The highest BCUT2D eigenvalue weighted by Crippen LogP contribution is 2.31. The minimum atomic E-state index is -0.0344. The molecule has 3 rings (SSSR count). The number of hydrogen-bond donors (Lipinski definition) is 0. The van der Waals surface area contributed by atoms with E-state index in [1.807, 2.05) is 25.1 Å². The molecule has 0 spiro atoms. The normalized spacial score (nSPS) is 25.1. The second-order valence-electron chi connectivity index (χ2n) is 5.55. The van der Waals surface area contributed by atoms with Crippen LogP contribution in [0.4, 0.5) is 5.69 Å². The number of nitrogens with zero attached hydrogens (tertiary/aromatic N) is 1. The number of likely N-dealkylation sites (N-methyl/N-ethyl adjacent to an activating group) is 1. The molecule has 0 aliphatic carbocycles. The van der Waals surface area contributed by atoms with Crippen molar-refractivity contribution in [2.45, 2.75) is 32.3 Å². The Labute approximate surface area is 118 Å². The largest absolute Gasteiger partial charge is 0.377 e. The van der Waals surface area contributed by atoms with Crippen LogP contribution in [0.5, 0.6) is 0 Å². The zero-order chi connectivity index (χ0) is 14.3.